The van der Waals surface area contributed by atoms with Gasteiger partial charge in [0.2, 0.25) is 5.88 Å². The number of pyridine rings is 1. The number of hydrogen-bond acceptors (Lipinski definition) is 4. The second kappa shape index (κ2) is 8.73. The second-order valence-electron chi connectivity index (χ2n) is 10.8. The summed E-state index contributed by atoms with van der Waals surface area (Å²) in [5.41, 5.74) is 4.18. The molecule has 1 N–H and O–H groups in total. The molecule has 0 aliphatic heterocycles. The van der Waals surface area contributed by atoms with E-state index in [4.69, 9.17) is 9.72 Å². The first kappa shape index (κ1) is 24.3. The van der Waals surface area contributed by atoms with Crippen molar-refractivity contribution in [1.29, 1.82) is 0 Å². The summed E-state index contributed by atoms with van der Waals surface area (Å²) < 4.78 is 8.85. The quantitative estimate of drug-likeness (QED) is 0.310. The Hall–Kier alpha value is -2.86. The maximum absolute atomic E-state index is 11.3. The van der Waals surface area contributed by atoms with Crippen molar-refractivity contribution in [2.45, 2.75) is 58.4 Å². The highest BCUT2D eigenvalue weighted by Gasteiger charge is 2.30. The monoisotopic (exact) mass is 521 g/mol. The summed E-state index contributed by atoms with van der Waals surface area (Å²) in [5.74, 6) is 0.928. The molecule has 4 aromatic rings. The van der Waals surface area contributed by atoms with Gasteiger partial charge in [0.05, 0.1) is 25.0 Å². The number of fused-ring (bicyclic) bond motifs is 1. The molecule has 0 bridgehead atoms. The molecule has 0 saturated carbocycles. The Bertz CT molecular complexity index is 1300. The van der Waals surface area contributed by atoms with E-state index in [0.717, 1.165) is 37.6 Å². The predicted octanol–water partition coefficient (Wildman–Crippen LogP) is 7.14. The first-order chi connectivity index (χ1) is 15.9. The van der Waals surface area contributed by atoms with Gasteiger partial charge in [-0.2, -0.15) is 0 Å². The van der Waals surface area contributed by atoms with E-state index in [0.29, 0.717) is 11.6 Å². The third-order valence-electron chi connectivity index (χ3n) is 6.14. The van der Waals surface area contributed by atoms with Crippen LogP contribution in [-0.2, 0) is 10.8 Å². The number of hydrogen-bond donors (Lipinski definition) is 1. The molecular weight excluding hydrogens is 490 g/mol. The number of nitrogens with zero attached hydrogens (tertiary/aromatic N) is 3. The minimum atomic E-state index is -0.240. The van der Waals surface area contributed by atoms with Gasteiger partial charge in [0.15, 0.2) is 0 Å². The van der Waals surface area contributed by atoms with Crippen LogP contribution in [0.2, 0.25) is 0 Å². The zero-order chi connectivity index (χ0) is 24.8. The minimum absolute atomic E-state index is 0.240. The second-order valence-corrected chi connectivity index (χ2v) is 11.7. The number of phenolic OH excluding ortho intramolecular Hbond substituents is 1. The highest BCUT2D eigenvalue weighted by Crippen LogP contribution is 2.43. The van der Waals surface area contributed by atoms with E-state index in [-0.39, 0.29) is 16.9 Å². The van der Waals surface area contributed by atoms with Gasteiger partial charge < -0.3 is 14.4 Å². The Kier molecular flexibility index (Phi) is 6.23. The highest BCUT2D eigenvalue weighted by molar-refractivity contribution is 9.10. The lowest BCUT2D eigenvalue weighted by Gasteiger charge is -2.30. The molecule has 0 saturated heterocycles. The van der Waals surface area contributed by atoms with Crippen LogP contribution < -0.4 is 4.74 Å². The third kappa shape index (κ3) is 4.56. The topological polar surface area (TPSA) is 60.2 Å². The summed E-state index contributed by atoms with van der Waals surface area (Å²) in [5, 5.41) is 12.3. The maximum Gasteiger partial charge on any atom is 0.219 e. The first-order valence-corrected chi connectivity index (χ1v) is 12.2. The van der Waals surface area contributed by atoms with Crippen LogP contribution in [0.5, 0.6) is 11.6 Å². The number of halogens is 1. The molecule has 2 aromatic heterocycles. The van der Waals surface area contributed by atoms with Crippen molar-refractivity contribution in [3.8, 4) is 11.6 Å². The molecule has 0 fully saturated rings. The highest BCUT2D eigenvalue weighted by atomic mass is 79.9. The van der Waals surface area contributed by atoms with E-state index in [2.05, 4.69) is 91.3 Å². The van der Waals surface area contributed by atoms with Crippen molar-refractivity contribution in [2.24, 2.45) is 0 Å². The zero-order valence-corrected chi connectivity index (χ0v) is 22.4. The number of imidazole rings is 1. The average Bonchev–Trinajstić information content (AvgIpc) is 3.27. The van der Waals surface area contributed by atoms with Crippen molar-refractivity contribution >= 4 is 26.8 Å². The van der Waals surface area contributed by atoms with Gasteiger partial charge in [0, 0.05) is 27.8 Å². The lowest BCUT2D eigenvalue weighted by molar-refractivity contribution is 0.389. The number of methoxy groups -OCH3 is 1. The summed E-state index contributed by atoms with van der Waals surface area (Å²) in [7, 11) is 1.65. The van der Waals surface area contributed by atoms with Crippen molar-refractivity contribution < 1.29 is 9.84 Å². The summed E-state index contributed by atoms with van der Waals surface area (Å²) >= 11 is 3.58. The molecule has 0 aliphatic carbocycles. The third-order valence-corrected chi connectivity index (χ3v) is 6.64. The average molecular weight is 522 g/mol. The Balaban J connectivity index is 2.07. The van der Waals surface area contributed by atoms with Gasteiger partial charge >= 0.3 is 0 Å². The Morgan fingerprint density at radius 3 is 2.15 bits per heavy atom. The summed E-state index contributed by atoms with van der Waals surface area (Å²) in [6, 6.07) is 12.1. The fourth-order valence-electron chi connectivity index (χ4n) is 4.40. The number of rotatable bonds is 4. The molecule has 0 spiro atoms. The van der Waals surface area contributed by atoms with Gasteiger partial charge in [-0.25, -0.2) is 9.97 Å². The largest absolute Gasteiger partial charge is 0.507 e. The molecule has 6 heteroatoms. The number of benzene rings is 2. The van der Waals surface area contributed by atoms with E-state index >= 15 is 0 Å². The van der Waals surface area contributed by atoms with Gasteiger partial charge in [-0.05, 0) is 63.9 Å². The SMILES string of the molecule is COc1nc2ccc(Br)cc2cc1C(c1cc(C(C)(C)C)c(O)c(C(C)(C)C)c1)n1ccnc1. The fraction of sp³-hybridized carbons (Fsp3) is 0.357. The van der Waals surface area contributed by atoms with Gasteiger partial charge in [0.1, 0.15) is 5.75 Å². The van der Waals surface area contributed by atoms with Crippen LogP contribution >= 0.6 is 15.9 Å². The Labute approximate surface area is 210 Å². The van der Waals surface area contributed by atoms with E-state index in [1.54, 1.807) is 13.3 Å². The molecule has 34 heavy (non-hydrogen) atoms. The van der Waals surface area contributed by atoms with Crippen molar-refractivity contribution in [1.82, 2.24) is 14.5 Å². The molecule has 1 atom stereocenters. The maximum atomic E-state index is 11.3. The first-order valence-electron chi connectivity index (χ1n) is 11.4. The van der Waals surface area contributed by atoms with Crippen LogP contribution in [-0.4, -0.2) is 26.8 Å². The molecule has 0 aliphatic rings. The van der Waals surface area contributed by atoms with E-state index in [9.17, 15) is 5.11 Å². The molecule has 1 unspecified atom stereocenters. The number of phenols is 1. The van der Waals surface area contributed by atoms with Crippen molar-refractivity contribution in [3.05, 3.63) is 81.8 Å². The molecule has 4 rings (SSSR count). The Morgan fingerprint density at radius 1 is 0.971 bits per heavy atom. The minimum Gasteiger partial charge on any atom is -0.507 e. The summed E-state index contributed by atoms with van der Waals surface area (Å²) in [6.45, 7) is 12.8. The zero-order valence-electron chi connectivity index (χ0n) is 20.8. The van der Waals surface area contributed by atoms with Crippen LogP contribution in [0.15, 0.2) is 59.6 Å². The molecular formula is C28H32BrN3O2. The van der Waals surface area contributed by atoms with E-state index < -0.39 is 0 Å². The molecule has 178 valence electrons. The van der Waals surface area contributed by atoms with Crippen LogP contribution in [0.1, 0.15) is 69.8 Å². The predicted molar refractivity (Wildman–Crippen MR) is 141 cm³/mol. The fourth-order valence-corrected chi connectivity index (χ4v) is 4.78. The van der Waals surface area contributed by atoms with Gasteiger partial charge in [-0.3, -0.25) is 0 Å². The molecule has 0 amide bonds. The molecule has 2 heterocycles. The Morgan fingerprint density at radius 2 is 1.62 bits per heavy atom. The van der Waals surface area contributed by atoms with Crippen LogP contribution in [0.3, 0.4) is 0 Å². The standard InChI is InChI=1S/C28H32BrN3O2/c1-27(2,3)21-14-18(15-22(25(21)33)28(4,5)6)24(32-11-10-30-16-32)20-13-17-12-19(29)8-9-23(17)31-26(20)34-7/h8-16,24,33H,1-7H3. The lowest BCUT2D eigenvalue weighted by Crippen LogP contribution is -2.20. The number of ether oxygens (including phenoxy) is 1. The summed E-state index contributed by atoms with van der Waals surface area (Å²) in [6.07, 6.45) is 5.55. The molecule has 2 aromatic carbocycles. The van der Waals surface area contributed by atoms with Crippen LogP contribution in [0.25, 0.3) is 10.9 Å². The van der Waals surface area contributed by atoms with Crippen LogP contribution in [0, 0.1) is 0 Å². The normalized spacial score (nSPS) is 13.3. The number of aromatic hydroxyl groups is 1. The summed E-state index contributed by atoms with van der Waals surface area (Å²) in [4.78, 5) is 9.16. The van der Waals surface area contributed by atoms with E-state index in [1.807, 2.05) is 24.7 Å². The van der Waals surface area contributed by atoms with Gasteiger partial charge in [-0.15, -0.1) is 0 Å². The lowest BCUT2D eigenvalue weighted by atomic mass is 9.77. The number of aromatic nitrogens is 3. The van der Waals surface area contributed by atoms with Gasteiger partial charge in [-0.1, -0.05) is 57.5 Å². The van der Waals surface area contributed by atoms with E-state index in [1.165, 1.54) is 0 Å². The van der Waals surface area contributed by atoms with Crippen molar-refractivity contribution in [3.63, 3.8) is 0 Å². The van der Waals surface area contributed by atoms with Gasteiger partial charge in [0.25, 0.3) is 0 Å². The molecule has 5 nitrogen and oxygen atoms in total. The molecule has 0 radical (unpaired) electrons. The van der Waals surface area contributed by atoms with Crippen LogP contribution in [0.4, 0.5) is 0 Å². The smallest absolute Gasteiger partial charge is 0.219 e. The van der Waals surface area contributed by atoms with Crippen molar-refractivity contribution in [2.75, 3.05) is 7.11 Å².